The van der Waals surface area contributed by atoms with Crippen LogP contribution in [0.4, 0.5) is 0 Å². The van der Waals surface area contributed by atoms with E-state index in [1.54, 1.807) is 6.07 Å². The Labute approximate surface area is 136 Å². The van der Waals surface area contributed by atoms with Crippen LogP contribution in [0.2, 0.25) is 0 Å². The number of nitrogens with one attached hydrogen (secondary N) is 1. The molecule has 1 heterocycles. The molecule has 1 saturated heterocycles. The Morgan fingerprint density at radius 1 is 1.38 bits per heavy atom. The van der Waals surface area contributed by atoms with Crippen LogP contribution in [0.1, 0.15) is 44.7 Å². The SMILES string of the molecule is CCC(NCC1(C)CCN(C)CC1)c1cc(Br)ccc1O. The number of halogens is 1. The highest BCUT2D eigenvalue weighted by molar-refractivity contribution is 9.10. The lowest BCUT2D eigenvalue weighted by Crippen LogP contribution is -2.42. The first-order valence-corrected chi connectivity index (χ1v) is 8.63. The molecule has 2 N–H and O–H groups in total. The Bertz CT molecular complexity index is 470. The molecule has 4 heteroatoms. The fourth-order valence-corrected chi connectivity index (χ4v) is 3.36. The summed E-state index contributed by atoms with van der Waals surface area (Å²) in [5, 5.41) is 13.8. The van der Waals surface area contributed by atoms with Gasteiger partial charge in [-0.3, -0.25) is 0 Å². The van der Waals surface area contributed by atoms with Crippen LogP contribution in [0.15, 0.2) is 22.7 Å². The highest BCUT2D eigenvalue weighted by atomic mass is 79.9. The summed E-state index contributed by atoms with van der Waals surface area (Å²) in [7, 11) is 2.20. The zero-order valence-electron chi connectivity index (χ0n) is 13.3. The second-order valence-corrected chi connectivity index (χ2v) is 7.57. The van der Waals surface area contributed by atoms with Crippen LogP contribution in [0, 0.1) is 5.41 Å². The first-order valence-electron chi connectivity index (χ1n) is 7.84. The van der Waals surface area contributed by atoms with Gasteiger partial charge in [0.25, 0.3) is 0 Å². The molecule has 0 aliphatic carbocycles. The lowest BCUT2D eigenvalue weighted by Gasteiger charge is -2.39. The van der Waals surface area contributed by atoms with Gasteiger partial charge < -0.3 is 15.3 Å². The second-order valence-electron chi connectivity index (χ2n) is 6.66. The number of phenols is 1. The van der Waals surface area contributed by atoms with Crippen molar-refractivity contribution in [3.8, 4) is 5.75 Å². The Morgan fingerprint density at radius 3 is 2.67 bits per heavy atom. The summed E-state index contributed by atoms with van der Waals surface area (Å²) in [5.41, 5.74) is 1.35. The van der Waals surface area contributed by atoms with Crippen molar-refractivity contribution in [3.63, 3.8) is 0 Å². The molecule has 1 unspecified atom stereocenters. The number of phenolic OH excluding ortho intramolecular Hbond substituents is 1. The molecule has 0 spiro atoms. The highest BCUT2D eigenvalue weighted by Crippen LogP contribution is 2.33. The summed E-state index contributed by atoms with van der Waals surface area (Å²) in [6, 6.07) is 5.87. The minimum absolute atomic E-state index is 0.207. The van der Waals surface area contributed by atoms with Crippen LogP contribution >= 0.6 is 15.9 Å². The molecule has 1 aliphatic rings. The molecule has 0 amide bonds. The summed E-state index contributed by atoms with van der Waals surface area (Å²) >= 11 is 3.49. The maximum absolute atomic E-state index is 10.1. The molecular weight excluding hydrogens is 328 g/mol. The molecule has 118 valence electrons. The first kappa shape index (κ1) is 16.8. The number of nitrogens with zero attached hydrogens (tertiary/aromatic N) is 1. The third kappa shape index (κ3) is 4.44. The molecule has 1 fully saturated rings. The van der Waals surface area contributed by atoms with Crippen molar-refractivity contribution in [2.45, 2.75) is 39.2 Å². The van der Waals surface area contributed by atoms with E-state index in [0.29, 0.717) is 11.2 Å². The van der Waals surface area contributed by atoms with E-state index in [1.165, 1.54) is 25.9 Å². The zero-order chi connectivity index (χ0) is 15.5. The molecule has 1 aromatic rings. The molecule has 1 aromatic carbocycles. The number of hydrogen-bond acceptors (Lipinski definition) is 3. The third-order valence-corrected chi connectivity index (χ3v) is 5.24. The van der Waals surface area contributed by atoms with Gasteiger partial charge in [-0.1, -0.05) is 29.8 Å². The molecule has 3 nitrogen and oxygen atoms in total. The van der Waals surface area contributed by atoms with Gasteiger partial charge in [0.05, 0.1) is 0 Å². The minimum atomic E-state index is 0.207. The van der Waals surface area contributed by atoms with Crippen LogP contribution < -0.4 is 5.32 Å². The Kier molecular flexibility index (Phi) is 5.69. The van der Waals surface area contributed by atoms with E-state index in [2.05, 4.69) is 47.0 Å². The van der Waals surface area contributed by atoms with Crippen LogP contribution in [0.25, 0.3) is 0 Å². The molecule has 0 bridgehead atoms. The topological polar surface area (TPSA) is 35.5 Å². The van der Waals surface area contributed by atoms with E-state index in [4.69, 9.17) is 0 Å². The van der Waals surface area contributed by atoms with E-state index >= 15 is 0 Å². The quantitative estimate of drug-likeness (QED) is 0.840. The minimum Gasteiger partial charge on any atom is -0.508 e. The van der Waals surface area contributed by atoms with Crippen LogP contribution in [-0.2, 0) is 0 Å². The zero-order valence-corrected chi connectivity index (χ0v) is 14.9. The normalized spacial score (nSPS) is 20.4. The van der Waals surface area contributed by atoms with Gasteiger partial charge in [-0.25, -0.2) is 0 Å². The van der Waals surface area contributed by atoms with Crippen molar-refractivity contribution in [1.29, 1.82) is 0 Å². The molecule has 0 radical (unpaired) electrons. The van der Waals surface area contributed by atoms with Crippen molar-refractivity contribution < 1.29 is 5.11 Å². The molecule has 1 aliphatic heterocycles. The van der Waals surface area contributed by atoms with Gasteiger partial charge in [0, 0.05) is 22.6 Å². The fraction of sp³-hybridized carbons (Fsp3) is 0.647. The maximum atomic E-state index is 10.1. The summed E-state index contributed by atoms with van der Waals surface area (Å²) < 4.78 is 1.01. The smallest absolute Gasteiger partial charge is 0.120 e. The number of likely N-dealkylation sites (tertiary alicyclic amines) is 1. The molecule has 2 rings (SSSR count). The number of benzene rings is 1. The summed E-state index contributed by atoms with van der Waals surface area (Å²) in [4.78, 5) is 2.40. The Hall–Kier alpha value is -0.580. The van der Waals surface area contributed by atoms with Crippen molar-refractivity contribution >= 4 is 15.9 Å². The molecule has 0 aromatic heterocycles. The monoisotopic (exact) mass is 354 g/mol. The van der Waals surface area contributed by atoms with Crippen molar-refractivity contribution in [1.82, 2.24) is 10.2 Å². The Balaban J connectivity index is 2.01. The summed E-state index contributed by atoms with van der Waals surface area (Å²) in [6.07, 6.45) is 3.44. The lowest BCUT2D eigenvalue weighted by atomic mass is 9.80. The molecule has 0 saturated carbocycles. The van der Waals surface area contributed by atoms with E-state index in [-0.39, 0.29) is 6.04 Å². The molecule has 21 heavy (non-hydrogen) atoms. The number of rotatable bonds is 5. The van der Waals surface area contributed by atoms with E-state index in [1.807, 2.05) is 12.1 Å². The maximum Gasteiger partial charge on any atom is 0.120 e. The average molecular weight is 355 g/mol. The predicted molar refractivity (Wildman–Crippen MR) is 91.7 cm³/mol. The van der Waals surface area contributed by atoms with Crippen LogP contribution in [-0.4, -0.2) is 36.7 Å². The summed E-state index contributed by atoms with van der Waals surface area (Å²) in [5.74, 6) is 0.381. The summed E-state index contributed by atoms with van der Waals surface area (Å²) in [6.45, 7) is 7.90. The third-order valence-electron chi connectivity index (χ3n) is 4.74. The largest absolute Gasteiger partial charge is 0.508 e. The molecule has 1 atom stereocenters. The number of hydrogen-bond donors (Lipinski definition) is 2. The van der Waals surface area contributed by atoms with E-state index in [9.17, 15) is 5.11 Å². The van der Waals surface area contributed by atoms with Gasteiger partial charge in [0.15, 0.2) is 0 Å². The fourth-order valence-electron chi connectivity index (χ4n) is 2.98. The number of piperidine rings is 1. The van der Waals surface area contributed by atoms with Gasteiger partial charge >= 0.3 is 0 Å². The number of aromatic hydroxyl groups is 1. The Morgan fingerprint density at radius 2 is 2.05 bits per heavy atom. The first-order chi connectivity index (χ1) is 9.93. The van der Waals surface area contributed by atoms with Crippen molar-refractivity contribution in [2.24, 2.45) is 5.41 Å². The predicted octanol–water partition coefficient (Wildman–Crippen LogP) is 3.93. The van der Waals surface area contributed by atoms with Gasteiger partial charge in [-0.15, -0.1) is 0 Å². The standard InChI is InChI=1S/C17H27BrN2O/c1-4-15(14-11-13(18)5-6-16(14)21)19-12-17(2)7-9-20(3)10-8-17/h5-6,11,15,19,21H,4,7-10,12H2,1-3H3. The van der Waals surface area contributed by atoms with Gasteiger partial charge in [0.1, 0.15) is 5.75 Å². The van der Waals surface area contributed by atoms with Crippen LogP contribution in [0.5, 0.6) is 5.75 Å². The van der Waals surface area contributed by atoms with Crippen molar-refractivity contribution in [3.05, 3.63) is 28.2 Å². The molecular formula is C17H27BrN2O. The lowest BCUT2D eigenvalue weighted by molar-refractivity contribution is 0.133. The highest BCUT2D eigenvalue weighted by Gasteiger charge is 2.29. The van der Waals surface area contributed by atoms with E-state index in [0.717, 1.165) is 23.0 Å². The van der Waals surface area contributed by atoms with Gasteiger partial charge in [-0.2, -0.15) is 0 Å². The van der Waals surface area contributed by atoms with Crippen molar-refractivity contribution in [2.75, 3.05) is 26.7 Å². The van der Waals surface area contributed by atoms with Crippen LogP contribution in [0.3, 0.4) is 0 Å². The van der Waals surface area contributed by atoms with Gasteiger partial charge in [0.2, 0.25) is 0 Å². The van der Waals surface area contributed by atoms with Gasteiger partial charge in [-0.05, 0) is 63.0 Å². The second kappa shape index (κ2) is 7.12. The van der Waals surface area contributed by atoms with E-state index < -0.39 is 0 Å². The average Bonchev–Trinajstić information content (AvgIpc) is 2.47.